The van der Waals surface area contributed by atoms with Crippen molar-refractivity contribution in [2.75, 3.05) is 26.9 Å². The zero-order chi connectivity index (χ0) is 16.8. The van der Waals surface area contributed by atoms with E-state index in [-0.39, 0.29) is 11.5 Å². The molecule has 1 amide bonds. The first-order chi connectivity index (χ1) is 11.1. The lowest BCUT2D eigenvalue weighted by molar-refractivity contribution is -0.129. The Balaban J connectivity index is 2.11. The minimum absolute atomic E-state index is 0.237. The Labute approximate surface area is 134 Å². The van der Waals surface area contributed by atoms with Gasteiger partial charge in [0.2, 0.25) is 5.75 Å². The van der Waals surface area contributed by atoms with Crippen molar-refractivity contribution in [1.82, 2.24) is 5.32 Å². The summed E-state index contributed by atoms with van der Waals surface area (Å²) in [6.07, 6.45) is -0.0700. The molecule has 0 saturated heterocycles. The van der Waals surface area contributed by atoms with Gasteiger partial charge in [0.1, 0.15) is 13.2 Å². The van der Waals surface area contributed by atoms with Gasteiger partial charge in [0, 0.05) is 6.54 Å². The highest BCUT2D eigenvalue weighted by Gasteiger charge is 2.24. The van der Waals surface area contributed by atoms with E-state index < -0.39 is 12.1 Å². The van der Waals surface area contributed by atoms with Gasteiger partial charge in [-0.25, -0.2) is 4.79 Å². The maximum Gasteiger partial charge on any atom is 0.339 e. The normalized spacial score (nSPS) is 13.9. The molecule has 0 fully saturated rings. The van der Waals surface area contributed by atoms with Crippen LogP contribution in [0.1, 0.15) is 30.6 Å². The van der Waals surface area contributed by atoms with Crippen molar-refractivity contribution >= 4 is 11.9 Å². The van der Waals surface area contributed by atoms with Crippen molar-refractivity contribution in [3.63, 3.8) is 0 Å². The summed E-state index contributed by atoms with van der Waals surface area (Å²) in [5.74, 6) is 0.316. The smallest absolute Gasteiger partial charge is 0.339 e. The highest BCUT2D eigenvalue weighted by Crippen LogP contribution is 2.40. The summed E-state index contributed by atoms with van der Waals surface area (Å²) in [4.78, 5) is 24.0. The van der Waals surface area contributed by atoms with Crippen molar-refractivity contribution in [1.29, 1.82) is 0 Å². The number of carbonyl (C=O) groups is 2. The Morgan fingerprint density at radius 1 is 1.30 bits per heavy atom. The Hall–Kier alpha value is -2.44. The number of esters is 1. The summed E-state index contributed by atoms with van der Waals surface area (Å²) in [5, 5.41) is 2.68. The molecule has 0 spiro atoms. The van der Waals surface area contributed by atoms with Crippen LogP contribution in [0.15, 0.2) is 12.1 Å². The Morgan fingerprint density at radius 3 is 2.74 bits per heavy atom. The summed E-state index contributed by atoms with van der Waals surface area (Å²) in [5.41, 5.74) is 0.237. The van der Waals surface area contributed by atoms with Crippen LogP contribution in [-0.2, 0) is 9.53 Å². The minimum Gasteiger partial charge on any atom is -0.493 e. The van der Waals surface area contributed by atoms with Crippen LogP contribution in [0, 0.1) is 0 Å². The first-order valence-electron chi connectivity index (χ1n) is 7.53. The van der Waals surface area contributed by atoms with E-state index in [4.69, 9.17) is 18.9 Å². The van der Waals surface area contributed by atoms with E-state index >= 15 is 0 Å². The predicted octanol–water partition coefficient (Wildman–Crippen LogP) is 1.54. The third-order valence-electron chi connectivity index (χ3n) is 3.27. The van der Waals surface area contributed by atoms with Gasteiger partial charge in [-0.1, -0.05) is 6.92 Å². The number of hydrogen-bond acceptors (Lipinski definition) is 6. The summed E-state index contributed by atoms with van der Waals surface area (Å²) >= 11 is 0. The molecule has 0 unspecified atom stereocenters. The number of hydrogen-bond donors (Lipinski definition) is 1. The van der Waals surface area contributed by atoms with Crippen molar-refractivity contribution in [2.24, 2.45) is 0 Å². The molecule has 0 aromatic heterocycles. The van der Waals surface area contributed by atoms with Gasteiger partial charge in [0.15, 0.2) is 17.6 Å². The number of rotatable bonds is 6. The minimum atomic E-state index is -0.881. The van der Waals surface area contributed by atoms with Gasteiger partial charge < -0.3 is 24.3 Å². The highest BCUT2D eigenvalue weighted by atomic mass is 16.6. The van der Waals surface area contributed by atoms with Crippen LogP contribution in [0.25, 0.3) is 0 Å². The van der Waals surface area contributed by atoms with Gasteiger partial charge in [-0.15, -0.1) is 0 Å². The molecule has 7 nitrogen and oxygen atoms in total. The maximum atomic E-state index is 12.2. The van der Waals surface area contributed by atoms with Gasteiger partial charge >= 0.3 is 5.97 Å². The van der Waals surface area contributed by atoms with Crippen LogP contribution in [0.3, 0.4) is 0 Å². The molecule has 1 N–H and O–H groups in total. The third-order valence-corrected chi connectivity index (χ3v) is 3.27. The molecule has 1 aliphatic rings. The number of carbonyl (C=O) groups excluding carboxylic acids is 2. The van der Waals surface area contributed by atoms with Crippen molar-refractivity contribution in [3.8, 4) is 17.2 Å². The topological polar surface area (TPSA) is 83.1 Å². The molecule has 126 valence electrons. The number of methoxy groups -OCH3 is 1. The van der Waals surface area contributed by atoms with Crippen molar-refractivity contribution in [2.45, 2.75) is 26.4 Å². The standard InChI is InChI=1S/C16H21NO6/c1-4-5-17-15(18)10(2)23-16(19)11-8-12(20-3)14-13(9-11)21-6-7-22-14/h8-10H,4-7H2,1-3H3,(H,17,18)/t10-/m1/s1. The fourth-order valence-corrected chi connectivity index (χ4v) is 2.07. The van der Waals surface area contributed by atoms with Crippen LogP contribution in [0.2, 0.25) is 0 Å². The quantitative estimate of drug-likeness (QED) is 0.800. The van der Waals surface area contributed by atoms with Crippen LogP contribution < -0.4 is 19.5 Å². The molecule has 0 aliphatic carbocycles. The predicted molar refractivity (Wildman–Crippen MR) is 82.2 cm³/mol. The first kappa shape index (κ1) is 16.9. The number of fused-ring (bicyclic) bond motifs is 1. The summed E-state index contributed by atoms with van der Waals surface area (Å²) < 4.78 is 21.3. The van der Waals surface area contributed by atoms with Crippen LogP contribution in [0.4, 0.5) is 0 Å². The lowest BCUT2D eigenvalue weighted by atomic mass is 10.1. The molecular weight excluding hydrogens is 302 g/mol. The van der Waals surface area contributed by atoms with Crippen LogP contribution in [-0.4, -0.2) is 44.8 Å². The van der Waals surface area contributed by atoms with E-state index in [1.54, 1.807) is 0 Å². The molecule has 0 bridgehead atoms. The van der Waals surface area contributed by atoms with Crippen LogP contribution >= 0.6 is 0 Å². The van der Waals surface area contributed by atoms with Gasteiger partial charge in [-0.2, -0.15) is 0 Å². The van der Waals surface area contributed by atoms with Crippen molar-refractivity contribution in [3.05, 3.63) is 17.7 Å². The first-order valence-corrected chi connectivity index (χ1v) is 7.53. The van der Waals surface area contributed by atoms with Gasteiger partial charge in [0.05, 0.1) is 12.7 Å². The average Bonchev–Trinajstić information content (AvgIpc) is 2.58. The SMILES string of the molecule is CCCNC(=O)[C@@H](C)OC(=O)c1cc(OC)c2c(c1)OCCO2. The average molecular weight is 323 g/mol. The van der Waals surface area contributed by atoms with Gasteiger partial charge in [-0.05, 0) is 25.5 Å². The zero-order valence-electron chi connectivity index (χ0n) is 13.5. The van der Waals surface area contributed by atoms with E-state index in [1.807, 2.05) is 6.92 Å². The van der Waals surface area contributed by atoms with E-state index in [0.29, 0.717) is 37.0 Å². The molecule has 1 aliphatic heterocycles. The fourth-order valence-electron chi connectivity index (χ4n) is 2.07. The summed E-state index contributed by atoms with van der Waals surface area (Å²) in [6, 6.07) is 3.03. The molecule has 1 heterocycles. The lowest BCUT2D eigenvalue weighted by Crippen LogP contribution is -2.36. The van der Waals surface area contributed by atoms with E-state index in [9.17, 15) is 9.59 Å². The summed E-state index contributed by atoms with van der Waals surface area (Å²) in [6.45, 7) is 4.82. The van der Waals surface area contributed by atoms with E-state index in [1.165, 1.54) is 26.2 Å². The Morgan fingerprint density at radius 2 is 2.04 bits per heavy atom. The number of benzene rings is 1. The summed E-state index contributed by atoms with van der Waals surface area (Å²) in [7, 11) is 1.48. The number of nitrogens with one attached hydrogen (secondary N) is 1. The highest BCUT2D eigenvalue weighted by molar-refractivity contribution is 5.93. The molecule has 1 aromatic rings. The molecule has 1 aromatic carbocycles. The van der Waals surface area contributed by atoms with E-state index in [0.717, 1.165) is 6.42 Å². The van der Waals surface area contributed by atoms with Crippen molar-refractivity contribution < 1.29 is 28.5 Å². The third kappa shape index (κ3) is 4.06. The Kier molecular flexibility index (Phi) is 5.67. The zero-order valence-corrected chi connectivity index (χ0v) is 13.5. The maximum absolute atomic E-state index is 12.2. The number of ether oxygens (including phenoxy) is 4. The van der Waals surface area contributed by atoms with Gasteiger partial charge in [-0.3, -0.25) is 4.79 Å². The van der Waals surface area contributed by atoms with Gasteiger partial charge in [0.25, 0.3) is 5.91 Å². The second-order valence-electron chi connectivity index (χ2n) is 5.04. The largest absolute Gasteiger partial charge is 0.493 e. The van der Waals surface area contributed by atoms with Crippen LogP contribution in [0.5, 0.6) is 17.2 Å². The molecular formula is C16H21NO6. The number of amides is 1. The molecule has 0 radical (unpaired) electrons. The lowest BCUT2D eigenvalue weighted by Gasteiger charge is -2.21. The fraction of sp³-hybridized carbons (Fsp3) is 0.500. The second kappa shape index (κ2) is 7.71. The molecule has 23 heavy (non-hydrogen) atoms. The molecule has 7 heteroatoms. The molecule has 1 atom stereocenters. The second-order valence-corrected chi connectivity index (χ2v) is 5.04. The molecule has 0 saturated carbocycles. The Bertz CT molecular complexity index is 569. The molecule has 2 rings (SSSR count). The van der Waals surface area contributed by atoms with E-state index in [2.05, 4.69) is 5.32 Å². The monoisotopic (exact) mass is 323 g/mol.